The smallest absolute Gasteiger partial charge is 0.161 e. The summed E-state index contributed by atoms with van der Waals surface area (Å²) in [6.07, 6.45) is 2.12. The van der Waals surface area contributed by atoms with Crippen molar-refractivity contribution in [1.82, 2.24) is 5.32 Å². The number of benzene rings is 1. The third-order valence-corrected chi connectivity index (χ3v) is 3.40. The van der Waals surface area contributed by atoms with Crippen molar-refractivity contribution in [2.24, 2.45) is 0 Å². The summed E-state index contributed by atoms with van der Waals surface area (Å²) in [7, 11) is 1.52. The second-order valence-electron chi connectivity index (χ2n) is 4.07. The average molecular weight is 242 g/mol. The minimum atomic E-state index is 0.167. The lowest BCUT2D eigenvalue weighted by Crippen LogP contribution is -2.26. The van der Waals surface area contributed by atoms with Crippen LogP contribution < -0.4 is 10.1 Å². The Morgan fingerprint density at radius 1 is 1.38 bits per heavy atom. The Morgan fingerprint density at radius 2 is 2.06 bits per heavy atom. The standard InChI is InChI=1S/C12H16ClNO2/c1-16-12-7-10(13)9(6-11(12)15)8-2-4-14-5-3-8/h6-8,14-15H,2-5H2,1H3. The van der Waals surface area contributed by atoms with Gasteiger partial charge >= 0.3 is 0 Å². The molecule has 0 spiro atoms. The van der Waals surface area contributed by atoms with Gasteiger partial charge in [-0.15, -0.1) is 0 Å². The van der Waals surface area contributed by atoms with E-state index < -0.39 is 0 Å². The van der Waals surface area contributed by atoms with Gasteiger partial charge in [0.1, 0.15) is 0 Å². The van der Waals surface area contributed by atoms with E-state index in [1.165, 1.54) is 7.11 Å². The van der Waals surface area contributed by atoms with Crippen LogP contribution in [-0.4, -0.2) is 25.3 Å². The Labute approximate surface area is 100 Å². The molecule has 1 aromatic carbocycles. The molecule has 2 rings (SSSR count). The molecule has 0 amide bonds. The van der Waals surface area contributed by atoms with Gasteiger partial charge in [0.2, 0.25) is 0 Å². The van der Waals surface area contributed by atoms with Crippen molar-refractivity contribution in [1.29, 1.82) is 0 Å². The fourth-order valence-electron chi connectivity index (χ4n) is 2.17. The van der Waals surface area contributed by atoms with Crippen molar-refractivity contribution >= 4 is 11.6 Å². The van der Waals surface area contributed by atoms with E-state index in [2.05, 4.69) is 5.32 Å². The number of rotatable bonds is 2. The zero-order valence-corrected chi connectivity index (χ0v) is 10.0. The van der Waals surface area contributed by atoms with Gasteiger partial charge in [0.15, 0.2) is 11.5 Å². The first kappa shape index (κ1) is 11.6. The van der Waals surface area contributed by atoms with Crippen molar-refractivity contribution < 1.29 is 9.84 Å². The van der Waals surface area contributed by atoms with Crippen molar-refractivity contribution in [2.45, 2.75) is 18.8 Å². The zero-order chi connectivity index (χ0) is 11.5. The molecule has 3 nitrogen and oxygen atoms in total. The summed E-state index contributed by atoms with van der Waals surface area (Å²) in [5, 5.41) is 13.7. The van der Waals surface area contributed by atoms with Crippen LogP contribution >= 0.6 is 11.6 Å². The van der Waals surface area contributed by atoms with Gasteiger partial charge in [-0.25, -0.2) is 0 Å². The lowest BCUT2D eigenvalue weighted by atomic mass is 9.90. The van der Waals surface area contributed by atoms with Crippen LogP contribution in [0.4, 0.5) is 0 Å². The molecule has 16 heavy (non-hydrogen) atoms. The lowest BCUT2D eigenvalue weighted by molar-refractivity contribution is 0.372. The second kappa shape index (κ2) is 4.93. The molecule has 0 unspecified atom stereocenters. The molecule has 88 valence electrons. The maximum Gasteiger partial charge on any atom is 0.161 e. The third-order valence-electron chi connectivity index (χ3n) is 3.08. The van der Waals surface area contributed by atoms with E-state index in [-0.39, 0.29) is 5.75 Å². The molecule has 1 aromatic rings. The van der Waals surface area contributed by atoms with Crippen LogP contribution in [0.5, 0.6) is 11.5 Å². The Balaban J connectivity index is 2.29. The van der Waals surface area contributed by atoms with Gasteiger partial charge in [-0.2, -0.15) is 0 Å². The van der Waals surface area contributed by atoms with E-state index in [9.17, 15) is 5.11 Å². The normalized spacial score (nSPS) is 17.4. The summed E-state index contributed by atoms with van der Waals surface area (Å²) >= 11 is 6.20. The van der Waals surface area contributed by atoms with Gasteiger partial charge in [-0.3, -0.25) is 0 Å². The van der Waals surface area contributed by atoms with Crippen LogP contribution in [0.2, 0.25) is 5.02 Å². The number of ether oxygens (including phenoxy) is 1. The Kier molecular flexibility index (Phi) is 3.56. The van der Waals surface area contributed by atoms with E-state index in [1.807, 2.05) is 0 Å². The Bertz CT molecular complexity index is 376. The SMILES string of the molecule is COc1cc(Cl)c(C2CCNCC2)cc1O. The Hall–Kier alpha value is -0.930. The zero-order valence-electron chi connectivity index (χ0n) is 9.29. The van der Waals surface area contributed by atoms with E-state index in [0.29, 0.717) is 16.7 Å². The minimum absolute atomic E-state index is 0.167. The number of phenolic OH excluding ortho intramolecular Hbond substituents is 1. The summed E-state index contributed by atoms with van der Waals surface area (Å²) in [5.41, 5.74) is 1.03. The van der Waals surface area contributed by atoms with Crippen molar-refractivity contribution in [3.05, 3.63) is 22.7 Å². The van der Waals surface area contributed by atoms with E-state index in [1.54, 1.807) is 12.1 Å². The number of piperidine rings is 1. The first-order valence-corrected chi connectivity index (χ1v) is 5.87. The van der Waals surface area contributed by atoms with Crippen LogP contribution in [0.3, 0.4) is 0 Å². The highest BCUT2D eigenvalue weighted by molar-refractivity contribution is 6.31. The van der Waals surface area contributed by atoms with Crippen LogP contribution in [-0.2, 0) is 0 Å². The molecular weight excluding hydrogens is 226 g/mol. The fourth-order valence-corrected chi connectivity index (χ4v) is 2.48. The molecule has 0 aromatic heterocycles. The summed E-state index contributed by atoms with van der Waals surface area (Å²) in [4.78, 5) is 0. The highest BCUT2D eigenvalue weighted by atomic mass is 35.5. The van der Waals surface area contributed by atoms with Crippen LogP contribution in [0, 0.1) is 0 Å². The van der Waals surface area contributed by atoms with Gasteiger partial charge < -0.3 is 15.2 Å². The molecule has 0 saturated carbocycles. The first-order chi connectivity index (χ1) is 7.72. The van der Waals surface area contributed by atoms with E-state index >= 15 is 0 Å². The van der Waals surface area contributed by atoms with Crippen molar-refractivity contribution in [3.8, 4) is 11.5 Å². The maximum absolute atomic E-state index is 9.75. The van der Waals surface area contributed by atoms with Gasteiger partial charge in [-0.05, 0) is 43.5 Å². The van der Waals surface area contributed by atoms with Crippen LogP contribution in [0.25, 0.3) is 0 Å². The predicted molar refractivity (Wildman–Crippen MR) is 64.5 cm³/mol. The molecule has 4 heteroatoms. The summed E-state index contributed by atoms with van der Waals surface area (Å²) in [6, 6.07) is 3.42. The number of methoxy groups -OCH3 is 1. The molecule has 1 aliphatic heterocycles. The van der Waals surface area contributed by atoms with E-state index in [0.717, 1.165) is 31.5 Å². The highest BCUT2D eigenvalue weighted by Crippen LogP contribution is 2.38. The molecule has 2 N–H and O–H groups in total. The van der Waals surface area contributed by atoms with Crippen LogP contribution in [0.15, 0.2) is 12.1 Å². The Morgan fingerprint density at radius 3 is 2.69 bits per heavy atom. The number of phenols is 1. The van der Waals surface area contributed by atoms with Gasteiger partial charge in [0.25, 0.3) is 0 Å². The summed E-state index contributed by atoms with van der Waals surface area (Å²) < 4.78 is 5.02. The topological polar surface area (TPSA) is 41.5 Å². The molecular formula is C12H16ClNO2. The molecule has 0 radical (unpaired) electrons. The number of hydrogen-bond acceptors (Lipinski definition) is 3. The highest BCUT2D eigenvalue weighted by Gasteiger charge is 2.19. The lowest BCUT2D eigenvalue weighted by Gasteiger charge is -2.24. The molecule has 1 saturated heterocycles. The molecule has 1 heterocycles. The molecule has 1 fully saturated rings. The van der Waals surface area contributed by atoms with Gasteiger partial charge in [0.05, 0.1) is 7.11 Å². The summed E-state index contributed by atoms with van der Waals surface area (Å²) in [6.45, 7) is 2.02. The van der Waals surface area contributed by atoms with Crippen molar-refractivity contribution in [3.63, 3.8) is 0 Å². The second-order valence-corrected chi connectivity index (χ2v) is 4.48. The number of hydrogen-bond donors (Lipinski definition) is 2. The fraction of sp³-hybridized carbons (Fsp3) is 0.500. The molecule has 0 aliphatic carbocycles. The number of halogens is 1. The third kappa shape index (κ3) is 2.25. The summed E-state index contributed by atoms with van der Waals surface area (Å²) in [5.74, 6) is 1.04. The quantitative estimate of drug-likeness (QED) is 0.836. The average Bonchev–Trinajstić information content (AvgIpc) is 2.32. The minimum Gasteiger partial charge on any atom is -0.504 e. The van der Waals surface area contributed by atoms with E-state index in [4.69, 9.17) is 16.3 Å². The van der Waals surface area contributed by atoms with Gasteiger partial charge in [0, 0.05) is 11.1 Å². The molecule has 1 aliphatic rings. The number of aromatic hydroxyl groups is 1. The molecule has 0 bridgehead atoms. The van der Waals surface area contributed by atoms with Gasteiger partial charge in [-0.1, -0.05) is 11.6 Å². The van der Waals surface area contributed by atoms with Crippen LogP contribution in [0.1, 0.15) is 24.3 Å². The largest absolute Gasteiger partial charge is 0.504 e. The molecule has 0 atom stereocenters. The number of nitrogens with one attached hydrogen (secondary N) is 1. The first-order valence-electron chi connectivity index (χ1n) is 5.49. The van der Waals surface area contributed by atoms with Crippen molar-refractivity contribution in [2.75, 3.05) is 20.2 Å². The predicted octanol–water partition coefficient (Wildman–Crippen LogP) is 2.52. The monoisotopic (exact) mass is 241 g/mol. The maximum atomic E-state index is 9.75.